The highest BCUT2D eigenvalue weighted by Gasteiger charge is 2.20. The van der Waals surface area contributed by atoms with Crippen molar-refractivity contribution in [2.75, 3.05) is 11.9 Å². The van der Waals surface area contributed by atoms with Gasteiger partial charge in [0.05, 0.1) is 22.9 Å². The van der Waals surface area contributed by atoms with E-state index in [1.807, 2.05) is 0 Å². The van der Waals surface area contributed by atoms with Crippen molar-refractivity contribution in [1.82, 2.24) is 10.3 Å². The zero-order valence-electron chi connectivity index (χ0n) is 17.3. The van der Waals surface area contributed by atoms with E-state index in [2.05, 4.69) is 21.7 Å². The predicted molar refractivity (Wildman–Crippen MR) is 118 cm³/mol. The molecule has 7 nitrogen and oxygen atoms in total. The number of pyridine rings is 1. The van der Waals surface area contributed by atoms with Crippen molar-refractivity contribution in [3.05, 3.63) is 83.2 Å². The number of aliphatic carboxylic acids is 1. The quantitative estimate of drug-likeness (QED) is 0.501. The van der Waals surface area contributed by atoms with E-state index in [4.69, 9.17) is 5.11 Å². The molecule has 8 heteroatoms. The number of nitrogens with zero attached hydrogens (tertiary/aromatic N) is 2. The molecular weight excluding hydrogens is 411 g/mol. The largest absolute Gasteiger partial charge is 0.480 e. The number of benzene rings is 2. The Bertz CT molecular complexity index is 1190. The second-order valence-electron chi connectivity index (χ2n) is 7.09. The van der Waals surface area contributed by atoms with E-state index < -0.39 is 17.9 Å². The molecule has 1 aromatic heterocycles. The van der Waals surface area contributed by atoms with Crippen LogP contribution in [0.2, 0.25) is 0 Å². The summed E-state index contributed by atoms with van der Waals surface area (Å²) in [5.41, 5.74) is 2.46. The van der Waals surface area contributed by atoms with Gasteiger partial charge in [-0.15, -0.1) is 0 Å². The van der Waals surface area contributed by atoms with Crippen LogP contribution in [0.3, 0.4) is 0 Å². The first kappa shape index (κ1) is 22.4. The van der Waals surface area contributed by atoms with Gasteiger partial charge in [-0.05, 0) is 49.2 Å². The number of carbonyl (C=O) groups is 2. The molecule has 0 aliphatic rings. The highest BCUT2D eigenvalue weighted by atomic mass is 19.1. The molecule has 0 aliphatic carbocycles. The molecule has 0 fully saturated rings. The Morgan fingerprint density at radius 3 is 2.66 bits per heavy atom. The normalized spacial score (nSPS) is 11.3. The second kappa shape index (κ2) is 10.2. The Morgan fingerprint density at radius 2 is 1.94 bits per heavy atom. The van der Waals surface area contributed by atoms with E-state index >= 15 is 0 Å². The summed E-state index contributed by atoms with van der Waals surface area (Å²) in [5.74, 6) is -1.85. The van der Waals surface area contributed by atoms with Gasteiger partial charge in [0, 0.05) is 12.1 Å². The van der Waals surface area contributed by atoms with Gasteiger partial charge in [-0.25, -0.2) is 9.37 Å². The lowest BCUT2D eigenvalue weighted by Crippen LogP contribution is -2.38. The SMILES string of the molecule is C[C@H](NC(=O)c1ccc(-c2ccccc2C#N)nc1NCCc1cccc(F)c1)C(=O)O. The van der Waals surface area contributed by atoms with Crippen LogP contribution in [0.1, 0.15) is 28.4 Å². The number of nitrogens with one attached hydrogen (secondary N) is 2. The Morgan fingerprint density at radius 1 is 1.16 bits per heavy atom. The molecule has 0 aliphatic heterocycles. The van der Waals surface area contributed by atoms with Crippen LogP contribution >= 0.6 is 0 Å². The minimum atomic E-state index is -1.16. The molecule has 3 rings (SSSR count). The van der Waals surface area contributed by atoms with Crippen LogP contribution < -0.4 is 10.6 Å². The number of nitriles is 1. The highest BCUT2D eigenvalue weighted by Crippen LogP contribution is 2.25. The molecule has 1 heterocycles. The number of carboxylic acids is 1. The fraction of sp³-hybridized carbons (Fsp3) is 0.167. The van der Waals surface area contributed by atoms with Crippen LogP contribution in [0.25, 0.3) is 11.3 Å². The zero-order chi connectivity index (χ0) is 23.1. The van der Waals surface area contributed by atoms with Gasteiger partial charge in [-0.1, -0.05) is 30.3 Å². The number of halogens is 1. The maximum absolute atomic E-state index is 13.4. The van der Waals surface area contributed by atoms with Crippen molar-refractivity contribution in [3.63, 3.8) is 0 Å². The van der Waals surface area contributed by atoms with Crippen molar-refractivity contribution in [2.24, 2.45) is 0 Å². The number of aromatic nitrogens is 1. The van der Waals surface area contributed by atoms with Crippen LogP contribution in [0.15, 0.2) is 60.7 Å². The van der Waals surface area contributed by atoms with Crippen LogP contribution in [0, 0.1) is 17.1 Å². The molecule has 0 unspecified atom stereocenters. The summed E-state index contributed by atoms with van der Waals surface area (Å²) in [4.78, 5) is 28.3. The maximum atomic E-state index is 13.4. The predicted octanol–water partition coefficient (Wildman–Crippen LogP) is 3.62. The van der Waals surface area contributed by atoms with E-state index in [0.29, 0.717) is 29.8 Å². The van der Waals surface area contributed by atoms with Crippen LogP contribution in [0.4, 0.5) is 10.2 Å². The fourth-order valence-corrected chi connectivity index (χ4v) is 3.08. The van der Waals surface area contributed by atoms with E-state index in [9.17, 15) is 19.2 Å². The number of carbonyl (C=O) groups excluding carboxylic acids is 1. The molecule has 3 aromatic rings. The highest BCUT2D eigenvalue weighted by molar-refractivity contribution is 6.00. The first-order valence-electron chi connectivity index (χ1n) is 9.91. The van der Waals surface area contributed by atoms with E-state index in [-0.39, 0.29) is 17.2 Å². The molecular formula is C24H21FN4O3. The average molecular weight is 432 g/mol. The molecule has 162 valence electrons. The number of rotatable bonds is 8. The van der Waals surface area contributed by atoms with Gasteiger partial charge in [-0.2, -0.15) is 5.26 Å². The van der Waals surface area contributed by atoms with Crippen molar-refractivity contribution >= 4 is 17.7 Å². The van der Waals surface area contributed by atoms with E-state index in [0.717, 1.165) is 5.56 Å². The number of anilines is 1. The van der Waals surface area contributed by atoms with E-state index in [1.165, 1.54) is 25.1 Å². The molecule has 3 N–H and O–H groups in total. The van der Waals surface area contributed by atoms with E-state index in [1.54, 1.807) is 42.5 Å². The molecule has 1 atom stereocenters. The summed E-state index contributed by atoms with van der Waals surface area (Å²) < 4.78 is 13.4. The van der Waals surface area contributed by atoms with Gasteiger partial charge < -0.3 is 15.7 Å². The van der Waals surface area contributed by atoms with Crippen molar-refractivity contribution < 1.29 is 19.1 Å². The van der Waals surface area contributed by atoms with Crippen molar-refractivity contribution in [2.45, 2.75) is 19.4 Å². The minimum Gasteiger partial charge on any atom is -0.480 e. The topological polar surface area (TPSA) is 115 Å². The van der Waals surface area contributed by atoms with Gasteiger partial charge in [-0.3, -0.25) is 9.59 Å². The number of amides is 1. The third-order valence-corrected chi connectivity index (χ3v) is 4.78. The third kappa shape index (κ3) is 5.46. The summed E-state index contributed by atoms with van der Waals surface area (Å²) in [7, 11) is 0. The number of hydrogen-bond donors (Lipinski definition) is 3. The molecule has 0 radical (unpaired) electrons. The van der Waals surface area contributed by atoms with Gasteiger partial charge >= 0.3 is 5.97 Å². The zero-order valence-corrected chi connectivity index (χ0v) is 17.3. The van der Waals surface area contributed by atoms with Crippen molar-refractivity contribution in [1.29, 1.82) is 5.26 Å². The van der Waals surface area contributed by atoms with Crippen molar-refractivity contribution in [3.8, 4) is 17.3 Å². The monoisotopic (exact) mass is 432 g/mol. The minimum absolute atomic E-state index is 0.163. The fourth-order valence-electron chi connectivity index (χ4n) is 3.08. The Balaban J connectivity index is 1.90. The van der Waals surface area contributed by atoms with Gasteiger partial charge in [0.2, 0.25) is 0 Å². The standard InChI is InChI=1S/C24H21FN4O3/c1-15(24(31)32)28-23(30)20-9-10-21(19-8-3-2-6-17(19)14-26)29-22(20)27-12-11-16-5-4-7-18(25)13-16/h2-10,13,15H,11-12H2,1H3,(H,27,29)(H,28,30)(H,31,32)/t15-/m0/s1. The summed E-state index contributed by atoms with van der Waals surface area (Å²) >= 11 is 0. The average Bonchev–Trinajstić information content (AvgIpc) is 2.78. The molecule has 2 aromatic carbocycles. The first-order chi connectivity index (χ1) is 15.4. The summed E-state index contributed by atoms with van der Waals surface area (Å²) in [6, 6.07) is 17.3. The van der Waals surface area contributed by atoms with Gasteiger partial charge in [0.25, 0.3) is 5.91 Å². The Kier molecular flexibility index (Phi) is 7.13. The lowest BCUT2D eigenvalue weighted by molar-refractivity contribution is -0.138. The molecule has 0 saturated carbocycles. The van der Waals surface area contributed by atoms with Crippen LogP contribution in [-0.2, 0) is 11.2 Å². The third-order valence-electron chi connectivity index (χ3n) is 4.78. The van der Waals surface area contributed by atoms with Crippen LogP contribution in [0.5, 0.6) is 0 Å². The first-order valence-corrected chi connectivity index (χ1v) is 9.91. The molecule has 32 heavy (non-hydrogen) atoms. The smallest absolute Gasteiger partial charge is 0.325 e. The molecule has 0 spiro atoms. The molecule has 0 saturated heterocycles. The van der Waals surface area contributed by atoms with Gasteiger partial charge in [0.1, 0.15) is 17.7 Å². The number of hydrogen-bond acceptors (Lipinski definition) is 5. The lowest BCUT2D eigenvalue weighted by atomic mass is 10.0. The van der Waals surface area contributed by atoms with Crippen LogP contribution in [-0.4, -0.2) is 34.6 Å². The number of carboxylic acid groups (broad SMARTS) is 1. The summed E-state index contributed by atoms with van der Waals surface area (Å²) in [5, 5.41) is 24.0. The summed E-state index contributed by atoms with van der Waals surface area (Å²) in [6.45, 7) is 1.72. The molecule has 0 bridgehead atoms. The van der Waals surface area contributed by atoms with Gasteiger partial charge in [0.15, 0.2) is 0 Å². The second-order valence-corrected chi connectivity index (χ2v) is 7.09. The lowest BCUT2D eigenvalue weighted by Gasteiger charge is -2.15. The molecule has 1 amide bonds. The maximum Gasteiger partial charge on any atom is 0.325 e. The Labute approximate surface area is 184 Å². The Hall–Kier alpha value is -4.25. The summed E-state index contributed by atoms with van der Waals surface area (Å²) in [6.07, 6.45) is 0.477.